The summed E-state index contributed by atoms with van der Waals surface area (Å²) in [4.78, 5) is 24.1. The number of methoxy groups -OCH3 is 1. The first kappa shape index (κ1) is 18.0. The standard InChI is InChI=1S/C20H25NO3/c1-5-16-13-17(6-2)19(22)21(14(16)3)12-11-15-7-9-18(10-8-15)20(23)24-4/h7-10,13H,5-6,11-12H2,1-4H3. The minimum atomic E-state index is -0.336. The van der Waals surface area contributed by atoms with E-state index in [9.17, 15) is 9.59 Å². The number of aryl methyl sites for hydroxylation is 3. The Morgan fingerprint density at radius 1 is 1.08 bits per heavy atom. The van der Waals surface area contributed by atoms with Crippen LogP contribution in [0.25, 0.3) is 0 Å². The second-order valence-corrected chi connectivity index (χ2v) is 5.88. The lowest BCUT2D eigenvalue weighted by Gasteiger charge is -2.15. The zero-order valence-corrected chi connectivity index (χ0v) is 14.9. The molecule has 0 amide bonds. The third-order valence-electron chi connectivity index (χ3n) is 4.50. The van der Waals surface area contributed by atoms with Gasteiger partial charge in [0, 0.05) is 17.8 Å². The van der Waals surface area contributed by atoms with Crippen LogP contribution >= 0.6 is 0 Å². The third-order valence-corrected chi connectivity index (χ3v) is 4.50. The van der Waals surface area contributed by atoms with Crippen LogP contribution in [0.4, 0.5) is 0 Å². The molecule has 0 unspecified atom stereocenters. The van der Waals surface area contributed by atoms with E-state index in [1.807, 2.05) is 36.6 Å². The monoisotopic (exact) mass is 327 g/mol. The van der Waals surface area contributed by atoms with E-state index in [2.05, 4.69) is 6.92 Å². The average Bonchev–Trinajstić information content (AvgIpc) is 2.61. The van der Waals surface area contributed by atoms with E-state index >= 15 is 0 Å². The fraction of sp³-hybridized carbons (Fsp3) is 0.400. The van der Waals surface area contributed by atoms with Crippen LogP contribution in [0.15, 0.2) is 35.1 Å². The maximum atomic E-state index is 12.6. The molecule has 0 atom stereocenters. The Morgan fingerprint density at radius 2 is 1.71 bits per heavy atom. The molecule has 0 aliphatic heterocycles. The Balaban J connectivity index is 2.23. The number of carbonyl (C=O) groups excluding carboxylic acids is 1. The van der Waals surface area contributed by atoms with Crippen molar-refractivity contribution >= 4 is 5.97 Å². The fourth-order valence-electron chi connectivity index (χ4n) is 2.92. The van der Waals surface area contributed by atoms with E-state index in [-0.39, 0.29) is 11.5 Å². The smallest absolute Gasteiger partial charge is 0.337 e. The largest absolute Gasteiger partial charge is 0.465 e. The number of hydrogen-bond donors (Lipinski definition) is 0. The number of rotatable bonds is 6. The second kappa shape index (κ2) is 7.95. The molecule has 2 aromatic rings. The zero-order chi connectivity index (χ0) is 17.7. The van der Waals surface area contributed by atoms with Gasteiger partial charge in [-0.2, -0.15) is 0 Å². The summed E-state index contributed by atoms with van der Waals surface area (Å²) in [5.41, 5.74) is 4.89. The first-order chi connectivity index (χ1) is 11.5. The Hall–Kier alpha value is -2.36. The van der Waals surface area contributed by atoms with Gasteiger partial charge in [-0.25, -0.2) is 4.79 Å². The minimum Gasteiger partial charge on any atom is -0.465 e. The summed E-state index contributed by atoms with van der Waals surface area (Å²) < 4.78 is 6.58. The molecule has 1 heterocycles. The van der Waals surface area contributed by atoms with E-state index < -0.39 is 0 Å². The van der Waals surface area contributed by atoms with Gasteiger partial charge in [0.2, 0.25) is 0 Å². The first-order valence-electron chi connectivity index (χ1n) is 8.41. The van der Waals surface area contributed by atoms with E-state index in [0.29, 0.717) is 12.1 Å². The van der Waals surface area contributed by atoms with Crippen LogP contribution in [0, 0.1) is 6.92 Å². The quantitative estimate of drug-likeness (QED) is 0.765. The van der Waals surface area contributed by atoms with Crippen LogP contribution < -0.4 is 5.56 Å². The van der Waals surface area contributed by atoms with E-state index in [0.717, 1.165) is 36.1 Å². The first-order valence-corrected chi connectivity index (χ1v) is 8.41. The molecule has 2 rings (SSSR count). The van der Waals surface area contributed by atoms with Crippen LogP contribution in [-0.2, 0) is 30.5 Å². The minimum absolute atomic E-state index is 0.110. The topological polar surface area (TPSA) is 48.3 Å². The van der Waals surface area contributed by atoms with Crippen LogP contribution in [0.5, 0.6) is 0 Å². The van der Waals surface area contributed by atoms with Crippen molar-refractivity contribution in [3.05, 3.63) is 68.6 Å². The number of carbonyl (C=O) groups is 1. The highest BCUT2D eigenvalue weighted by atomic mass is 16.5. The summed E-state index contributed by atoms with van der Waals surface area (Å²) in [5, 5.41) is 0. The Bertz CT molecular complexity index is 773. The molecule has 128 valence electrons. The zero-order valence-electron chi connectivity index (χ0n) is 14.9. The summed E-state index contributed by atoms with van der Waals surface area (Å²) in [6.07, 6.45) is 2.42. The van der Waals surface area contributed by atoms with Crippen molar-refractivity contribution in [2.75, 3.05) is 7.11 Å². The number of benzene rings is 1. The Kier molecular flexibility index (Phi) is 5.96. The van der Waals surface area contributed by atoms with Gasteiger partial charge in [0.15, 0.2) is 0 Å². The van der Waals surface area contributed by atoms with Gasteiger partial charge in [-0.05, 0) is 55.5 Å². The van der Waals surface area contributed by atoms with Crippen molar-refractivity contribution in [2.45, 2.75) is 46.6 Å². The highest BCUT2D eigenvalue weighted by Crippen LogP contribution is 2.12. The van der Waals surface area contributed by atoms with Crippen LogP contribution in [0.2, 0.25) is 0 Å². The third kappa shape index (κ3) is 3.75. The predicted molar refractivity (Wildman–Crippen MR) is 95.7 cm³/mol. The molecule has 0 radical (unpaired) electrons. The van der Waals surface area contributed by atoms with E-state index in [4.69, 9.17) is 4.74 Å². The Labute approximate surface area is 143 Å². The molecular formula is C20H25NO3. The molecule has 4 nitrogen and oxygen atoms in total. The number of ether oxygens (including phenoxy) is 1. The molecule has 0 aliphatic rings. The normalized spacial score (nSPS) is 10.7. The number of nitrogens with zero attached hydrogens (tertiary/aromatic N) is 1. The maximum Gasteiger partial charge on any atom is 0.337 e. The van der Waals surface area contributed by atoms with Crippen molar-refractivity contribution in [1.82, 2.24) is 4.57 Å². The van der Waals surface area contributed by atoms with Gasteiger partial charge in [0.25, 0.3) is 5.56 Å². The number of esters is 1. The van der Waals surface area contributed by atoms with Gasteiger partial charge in [-0.1, -0.05) is 26.0 Å². The SMILES string of the molecule is CCc1cc(CC)c(=O)n(CCc2ccc(C(=O)OC)cc2)c1C. The van der Waals surface area contributed by atoms with Crippen molar-refractivity contribution in [3.8, 4) is 0 Å². The molecule has 0 N–H and O–H groups in total. The molecule has 24 heavy (non-hydrogen) atoms. The molecule has 0 aliphatic carbocycles. The number of hydrogen-bond acceptors (Lipinski definition) is 3. The van der Waals surface area contributed by atoms with Crippen molar-refractivity contribution in [2.24, 2.45) is 0 Å². The average molecular weight is 327 g/mol. The van der Waals surface area contributed by atoms with Gasteiger partial charge >= 0.3 is 5.97 Å². The molecular weight excluding hydrogens is 302 g/mol. The highest BCUT2D eigenvalue weighted by Gasteiger charge is 2.10. The molecule has 0 saturated carbocycles. The van der Waals surface area contributed by atoms with Gasteiger partial charge in [-0.3, -0.25) is 4.79 Å². The molecule has 0 fully saturated rings. The van der Waals surface area contributed by atoms with Crippen LogP contribution in [0.3, 0.4) is 0 Å². The fourth-order valence-corrected chi connectivity index (χ4v) is 2.92. The van der Waals surface area contributed by atoms with Gasteiger partial charge < -0.3 is 9.30 Å². The van der Waals surface area contributed by atoms with Gasteiger partial charge in [0.1, 0.15) is 0 Å². The van der Waals surface area contributed by atoms with Crippen molar-refractivity contribution < 1.29 is 9.53 Å². The summed E-state index contributed by atoms with van der Waals surface area (Å²) in [6.45, 7) is 6.78. The molecule has 0 spiro atoms. The van der Waals surface area contributed by atoms with E-state index in [1.54, 1.807) is 12.1 Å². The number of pyridine rings is 1. The lowest BCUT2D eigenvalue weighted by Crippen LogP contribution is -2.27. The summed E-state index contributed by atoms with van der Waals surface area (Å²) in [5.74, 6) is -0.336. The number of aromatic nitrogens is 1. The summed E-state index contributed by atoms with van der Waals surface area (Å²) >= 11 is 0. The highest BCUT2D eigenvalue weighted by molar-refractivity contribution is 5.89. The Morgan fingerprint density at radius 3 is 2.25 bits per heavy atom. The molecule has 1 aromatic carbocycles. The lowest BCUT2D eigenvalue weighted by atomic mass is 10.1. The van der Waals surface area contributed by atoms with Crippen LogP contribution in [-0.4, -0.2) is 17.6 Å². The van der Waals surface area contributed by atoms with Gasteiger partial charge in [-0.15, -0.1) is 0 Å². The molecule has 1 aromatic heterocycles. The molecule has 0 saturated heterocycles. The summed E-state index contributed by atoms with van der Waals surface area (Å²) in [6, 6.07) is 9.39. The molecule has 0 bridgehead atoms. The lowest BCUT2D eigenvalue weighted by molar-refractivity contribution is 0.0600. The van der Waals surface area contributed by atoms with Crippen molar-refractivity contribution in [3.63, 3.8) is 0 Å². The van der Waals surface area contributed by atoms with E-state index in [1.165, 1.54) is 12.7 Å². The predicted octanol–water partition coefficient (Wildman–Crippen LogP) is 3.31. The summed E-state index contributed by atoms with van der Waals surface area (Å²) in [7, 11) is 1.37. The van der Waals surface area contributed by atoms with Crippen molar-refractivity contribution in [1.29, 1.82) is 0 Å². The second-order valence-electron chi connectivity index (χ2n) is 5.88. The maximum absolute atomic E-state index is 12.6. The van der Waals surface area contributed by atoms with Gasteiger partial charge in [0.05, 0.1) is 12.7 Å². The molecule has 4 heteroatoms. The van der Waals surface area contributed by atoms with Crippen LogP contribution in [0.1, 0.15) is 46.6 Å².